The molecule has 1 saturated carbocycles. The molecule has 4 heterocycles. The van der Waals surface area contributed by atoms with Gasteiger partial charge in [-0.1, -0.05) is 0 Å². The van der Waals surface area contributed by atoms with E-state index >= 15 is 0 Å². The van der Waals surface area contributed by atoms with Crippen LogP contribution in [0.25, 0.3) is 0 Å². The minimum absolute atomic E-state index is 0.0838. The van der Waals surface area contributed by atoms with Gasteiger partial charge >= 0.3 is 0 Å². The largest absolute Gasteiger partial charge is 0.381 e. The molecule has 0 radical (unpaired) electrons. The molecule has 0 N–H and O–H groups in total. The number of carbonyl (C=O) groups is 2. The lowest BCUT2D eigenvalue weighted by Crippen LogP contribution is -2.39. The molecule has 0 aromatic carbocycles. The van der Waals surface area contributed by atoms with Gasteiger partial charge in [0.2, 0.25) is 5.91 Å². The van der Waals surface area contributed by atoms with Gasteiger partial charge in [-0.15, -0.1) is 0 Å². The first-order chi connectivity index (χ1) is 13.6. The lowest BCUT2D eigenvalue weighted by atomic mass is 10.0. The minimum Gasteiger partial charge on any atom is -0.381 e. The van der Waals surface area contributed by atoms with Gasteiger partial charge in [-0.05, 0) is 44.9 Å². The predicted molar refractivity (Wildman–Crippen MR) is 99.7 cm³/mol. The molecule has 148 valence electrons. The van der Waals surface area contributed by atoms with Crippen molar-refractivity contribution in [2.24, 2.45) is 5.92 Å². The number of nitriles is 1. The Labute approximate surface area is 164 Å². The van der Waals surface area contributed by atoms with Crippen molar-refractivity contribution >= 4 is 17.6 Å². The number of likely N-dealkylation sites (tertiary alicyclic amines) is 1. The first-order valence-corrected chi connectivity index (χ1v) is 10.4. The maximum absolute atomic E-state index is 13.5. The Bertz CT molecular complexity index is 866. The van der Waals surface area contributed by atoms with Crippen molar-refractivity contribution in [2.45, 2.75) is 63.6 Å². The molecule has 4 aliphatic rings. The predicted octanol–water partition coefficient (Wildman–Crippen LogP) is 1.66. The second-order valence-electron chi connectivity index (χ2n) is 8.23. The third-order valence-electron chi connectivity index (χ3n) is 6.67. The Balaban J connectivity index is 1.58. The second-order valence-corrected chi connectivity index (χ2v) is 8.23. The summed E-state index contributed by atoms with van der Waals surface area (Å²) in [5.74, 6) is 1.20. The van der Waals surface area contributed by atoms with Gasteiger partial charge in [0, 0.05) is 37.8 Å². The fourth-order valence-electron chi connectivity index (χ4n) is 5.13. The van der Waals surface area contributed by atoms with Crippen LogP contribution in [0.3, 0.4) is 0 Å². The van der Waals surface area contributed by atoms with Gasteiger partial charge in [-0.2, -0.15) is 10.4 Å². The highest BCUT2D eigenvalue weighted by Gasteiger charge is 2.55. The molecule has 1 aromatic rings. The number of carbonyl (C=O) groups excluding carboxylic acids is 2. The molecule has 1 aliphatic carbocycles. The molecule has 1 aromatic heterocycles. The van der Waals surface area contributed by atoms with Crippen LogP contribution in [0.4, 0.5) is 5.82 Å². The highest BCUT2D eigenvalue weighted by atomic mass is 16.5. The molecular weight excluding hydrogens is 358 g/mol. The van der Waals surface area contributed by atoms with Crippen molar-refractivity contribution in [1.82, 2.24) is 14.7 Å². The van der Waals surface area contributed by atoms with Crippen LogP contribution in [-0.4, -0.2) is 58.3 Å². The van der Waals surface area contributed by atoms with Crippen LogP contribution in [0.1, 0.15) is 61.1 Å². The van der Waals surface area contributed by atoms with Crippen molar-refractivity contribution in [3.05, 3.63) is 11.3 Å². The third kappa shape index (κ3) is 2.56. The normalized spacial score (nSPS) is 29.4. The summed E-state index contributed by atoms with van der Waals surface area (Å²) in [6, 6.07) is 2.25. The number of hydrogen-bond acceptors (Lipinski definition) is 5. The van der Waals surface area contributed by atoms with Crippen LogP contribution in [0, 0.1) is 17.2 Å². The van der Waals surface area contributed by atoms with Crippen LogP contribution in [0.2, 0.25) is 0 Å². The van der Waals surface area contributed by atoms with Gasteiger partial charge in [-0.25, -0.2) is 4.68 Å². The van der Waals surface area contributed by atoms with E-state index in [1.54, 1.807) is 9.80 Å². The van der Waals surface area contributed by atoms with E-state index in [-0.39, 0.29) is 29.9 Å². The van der Waals surface area contributed by atoms with Gasteiger partial charge in [0.25, 0.3) is 5.91 Å². The monoisotopic (exact) mass is 383 g/mol. The Morgan fingerprint density at radius 3 is 2.79 bits per heavy atom. The molecule has 3 atom stereocenters. The van der Waals surface area contributed by atoms with E-state index in [1.165, 1.54) is 0 Å². The number of fused-ring (bicyclic) bond motifs is 2. The summed E-state index contributed by atoms with van der Waals surface area (Å²) in [5, 5.41) is 14.3. The first-order valence-electron chi connectivity index (χ1n) is 10.4. The summed E-state index contributed by atoms with van der Waals surface area (Å²) in [5.41, 5.74) is 1.32. The first kappa shape index (κ1) is 17.7. The SMILES string of the molecule is CCN1C(=O)CCc2c(C(=O)N3C(C#N)CC4CC43)nn(C3CCOCC3)c21. The number of piperidine rings is 1. The van der Waals surface area contributed by atoms with E-state index in [2.05, 4.69) is 6.07 Å². The van der Waals surface area contributed by atoms with Gasteiger partial charge in [0.05, 0.1) is 12.1 Å². The molecule has 8 heteroatoms. The smallest absolute Gasteiger partial charge is 0.276 e. The Hall–Kier alpha value is -2.40. The molecule has 3 fully saturated rings. The number of rotatable bonds is 3. The quantitative estimate of drug-likeness (QED) is 0.792. The molecular formula is C20H25N5O3. The van der Waals surface area contributed by atoms with Crippen LogP contribution in [0.15, 0.2) is 0 Å². The fourth-order valence-corrected chi connectivity index (χ4v) is 5.13. The van der Waals surface area contributed by atoms with Gasteiger partial charge < -0.3 is 9.64 Å². The van der Waals surface area contributed by atoms with Crippen molar-refractivity contribution in [1.29, 1.82) is 5.26 Å². The van der Waals surface area contributed by atoms with Gasteiger partial charge in [-0.3, -0.25) is 14.5 Å². The van der Waals surface area contributed by atoms with Crippen LogP contribution in [0.5, 0.6) is 0 Å². The Morgan fingerprint density at radius 2 is 2.07 bits per heavy atom. The van der Waals surface area contributed by atoms with Crippen LogP contribution in [-0.2, 0) is 16.0 Å². The molecule has 0 bridgehead atoms. The lowest BCUT2D eigenvalue weighted by molar-refractivity contribution is -0.118. The minimum atomic E-state index is -0.354. The average molecular weight is 383 g/mol. The third-order valence-corrected chi connectivity index (χ3v) is 6.67. The van der Waals surface area contributed by atoms with E-state index in [0.29, 0.717) is 44.2 Å². The van der Waals surface area contributed by atoms with Crippen LogP contribution >= 0.6 is 0 Å². The van der Waals surface area contributed by atoms with Gasteiger partial charge in [0.1, 0.15) is 11.9 Å². The highest BCUT2D eigenvalue weighted by Crippen LogP contribution is 2.48. The summed E-state index contributed by atoms with van der Waals surface area (Å²) in [7, 11) is 0. The zero-order valence-electron chi connectivity index (χ0n) is 16.1. The van der Waals surface area contributed by atoms with E-state index in [0.717, 1.165) is 37.1 Å². The summed E-state index contributed by atoms with van der Waals surface area (Å²) in [6.45, 7) is 3.84. The second kappa shape index (κ2) is 6.59. The number of amides is 2. The lowest BCUT2D eigenvalue weighted by Gasteiger charge is -2.31. The molecule has 28 heavy (non-hydrogen) atoms. The van der Waals surface area contributed by atoms with Gasteiger partial charge in [0.15, 0.2) is 5.69 Å². The van der Waals surface area contributed by atoms with E-state index < -0.39 is 0 Å². The number of nitrogens with zero attached hydrogens (tertiary/aromatic N) is 5. The average Bonchev–Trinajstić information content (AvgIpc) is 3.22. The summed E-state index contributed by atoms with van der Waals surface area (Å²) in [4.78, 5) is 29.5. The van der Waals surface area contributed by atoms with E-state index in [4.69, 9.17) is 9.84 Å². The summed E-state index contributed by atoms with van der Waals surface area (Å²) < 4.78 is 7.40. The zero-order valence-corrected chi connectivity index (χ0v) is 16.1. The standard InChI is InChI=1S/C20H25N5O3/c1-2-23-17(26)4-3-15-18(20(27)24-14(11-21)9-12-10-16(12)24)22-25(19(15)23)13-5-7-28-8-6-13/h12-14,16H,2-10H2,1H3. The summed E-state index contributed by atoms with van der Waals surface area (Å²) >= 11 is 0. The van der Waals surface area contributed by atoms with Crippen molar-refractivity contribution < 1.29 is 14.3 Å². The Morgan fingerprint density at radius 1 is 1.29 bits per heavy atom. The van der Waals surface area contributed by atoms with Crippen molar-refractivity contribution in [3.63, 3.8) is 0 Å². The maximum Gasteiger partial charge on any atom is 0.276 e. The van der Waals surface area contributed by atoms with Crippen LogP contribution < -0.4 is 4.90 Å². The topological polar surface area (TPSA) is 91.5 Å². The number of ether oxygens (including phenoxy) is 1. The van der Waals surface area contributed by atoms with Crippen molar-refractivity contribution in [3.8, 4) is 6.07 Å². The fraction of sp³-hybridized carbons (Fsp3) is 0.700. The molecule has 2 saturated heterocycles. The highest BCUT2D eigenvalue weighted by molar-refractivity contribution is 6.01. The van der Waals surface area contributed by atoms with Crippen molar-refractivity contribution in [2.75, 3.05) is 24.7 Å². The number of hydrogen-bond donors (Lipinski definition) is 0. The molecule has 8 nitrogen and oxygen atoms in total. The Kier molecular flexibility index (Phi) is 4.16. The van der Waals surface area contributed by atoms with E-state index in [1.807, 2.05) is 11.6 Å². The molecule has 3 aliphatic heterocycles. The number of anilines is 1. The molecule has 3 unspecified atom stereocenters. The molecule has 0 spiro atoms. The molecule has 2 amide bonds. The summed E-state index contributed by atoms with van der Waals surface area (Å²) in [6.07, 6.45) is 4.34. The van der Waals surface area contributed by atoms with E-state index in [9.17, 15) is 14.9 Å². The molecule has 5 rings (SSSR count). The number of aromatic nitrogens is 2. The zero-order chi connectivity index (χ0) is 19.4. The maximum atomic E-state index is 13.5.